The third-order valence-corrected chi connectivity index (χ3v) is 4.95. The van der Waals surface area contributed by atoms with E-state index in [1.54, 1.807) is 0 Å². The molecule has 0 amide bonds. The minimum absolute atomic E-state index is 0.141. The molecule has 3 aromatic rings. The van der Waals surface area contributed by atoms with E-state index < -0.39 is 0 Å². The van der Waals surface area contributed by atoms with Crippen LogP contribution in [-0.2, 0) is 4.74 Å². The Hall–Kier alpha value is -2.06. The lowest BCUT2D eigenvalue weighted by Crippen LogP contribution is -2.22. The number of ether oxygens (including phenoxy) is 1. The first-order valence-electron chi connectivity index (χ1n) is 8.78. The van der Waals surface area contributed by atoms with Crippen LogP contribution in [0.3, 0.4) is 0 Å². The Kier molecular flexibility index (Phi) is 3.54. The summed E-state index contributed by atoms with van der Waals surface area (Å²) in [4.78, 5) is 0. The summed E-state index contributed by atoms with van der Waals surface area (Å²) in [6, 6.07) is 19.9. The molecule has 2 heteroatoms. The average molecular weight is 319 g/mol. The minimum atomic E-state index is -0.149. The summed E-state index contributed by atoms with van der Waals surface area (Å²) in [5.74, 6) is 0. The number of benzene rings is 2. The van der Waals surface area contributed by atoms with Gasteiger partial charge in [0.05, 0.1) is 17.3 Å². The van der Waals surface area contributed by atoms with Gasteiger partial charge in [-0.3, -0.25) is 0 Å². The van der Waals surface area contributed by atoms with E-state index in [1.165, 1.54) is 27.7 Å². The first kappa shape index (κ1) is 15.5. The number of aryl methyl sites for hydroxylation is 1. The van der Waals surface area contributed by atoms with Gasteiger partial charge in [0.25, 0.3) is 0 Å². The number of fused-ring (bicyclic) bond motifs is 3. The quantitative estimate of drug-likeness (QED) is 0.582. The summed E-state index contributed by atoms with van der Waals surface area (Å²) in [5.41, 5.74) is 5.24. The lowest BCUT2D eigenvalue weighted by molar-refractivity contribution is -0.0618. The van der Waals surface area contributed by atoms with Crippen LogP contribution in [0.5, 0.6) is 0 Å². The average Bonchev–Trinajstić information content (AvgIpc) is 3.05. The molecule has 1 aromatic heterocycles. The second-order valence-electron chi connectivity index (χ2n) is 7.78. The second-order valence-corrected chi connectivity index (χ2v) is 7.78. The highest BCUT2D eigenvalue weighted by Crippen LogP contribution is 2.47. The van der Waals surface area contributed by atoms with E-state index in [0.717, 1.165) is 6.42 Å². The molecule has 0 saturated carbocycles. The first-order chi connectivity index (χ1) is 11.5. The third-order valence-electron chi connectivity index (χ3n) is 4.95. The van der Waals surface area contributed by atoms with Crippen LogP contribution in [0.1, 0.15) is 56.2 Å². The highest BCUT2D eigenvalue weighted by molar-refractivity contribution is 5.86. The van der Waals surface area contributed by atoms with Gasteiger partial charge in [-0.05, 0) is 44.9 Å². The molecular formula is C22H25NO. The van der Waals surface area contributed by atoms with E-state index in [-0.39, 0.29) is 11.7 Å². The van der Waals surface area contributed by atoms with Crippen LogP contribution in [0.15, 0.2) is 54.6 Å². The fraction of sp³-hybridized carbons (Fsp3) is 0.364. The zero-order valence-corrected chi connectivity index (χ0v) is 14.9. The summed E-state index contributed by atoms with van der Waals surface area (Å²) < 4.78 is 8.98. The van der Waals surface area contributed by atoms with Crippen molar-refractivity contribution in [3.63, 3.8) is 0 Å². The van der Waals surface area contributed by atoms with E-state index in [2.05, 4.69) is 86.9 Å². The molecule has 0 saturated heterocycles. The maximum atomic E-state index is 6.47. The smallest absolute Gasteiger partial charge is 0.101 e. The molecule has 24 heavy (non-hydrogen) atoms. The van der Waals surface area contributed by atoms with Crippen LogP contribution in [0.4, 0.5) is 0 Å². The molecule has 2 heterocycles. The largest absolute Gasteiger partial charge is 0.366 e. The maximum Gasteiger partial charge on any atom is 0.101 e. The molecular weight excluding hydrogens is 294 g/mol. The Morgan fingerprint density at radius 2 is 1.62 bits per heavy atom. The van der Waals surface area contributed by atoms with Crippen molar-refractivity contribution in [2.24, 2.45) is 0 Å². The summed E-state index contributed by atoms with van der Waals surface area (Å²) in [5, 5.41) is 1.34. The zero-order valence-electron chi connectivity index (χ0n) is 14.9. The van der Waals surface area contributed by atoms with Crippen LogP contribution < -0.4 is 0 Å². The summed E-state index contributed by atoms with van der Waals surface area (Å²) in [6.07, 6.45) is 1.14. The Morgan fingerprint density at radius 1 is 0.958 bits per heavy atom. The molecule has 2 nitrogen and oxygen atoms in total. The first-order valence-corrected chi connectivity index (χ1v) is 8.78. The van der Waals surface area contributed by atoms with Crippen LogP contribution >= 0.6 is 0 Å². The van der Waals surface area contributed by atoms with E-state index in [0.29, 0.717) is 6.04 Å². The molecule has 124 valence electrons. The van der Waals surface area contributed by atoms with Gasteiger partial charge in [0.2, 0.25) is 0 Å². The lowest BCUT2D eigenvalue weighted by atomic mass is 10.0. The predicted octanol–water partition coefficient (Wildman–Crippen LogP) is 5.80. The Labute approximate surface area is 144 Å². The van der Waals surface area contributed by atoms with Gasteiger partial charge in [0.15, 0.2) is 0 Å². The molecule has 2 atom stereocenters. The summed E-state index contributed by atoms with van der Waals surface area (Å²) >= 11 is 0. The van der Waals surface area contributed by atoms with Gasteiger partial charge in [0, 0.05) is 17.3 Å². The molecule has 1 aliphatic heterocycles. The van der Waals surface area contributed by atoms with E-state index in [1.807, 2.05) is 0 Å². The second kappa shape index (κ2) is 5.49. The van der Waals surface area contributed by atoms with Gasteiger partial charge >= 0.3 is 0 Å². The number of para-hydroxylation sites is 1. The Balaban J connectivity index is 1.92. The van der Waals surface area contributed by atoms with E-state index in [4.69, 9.17) is 4.74 Å². The van der Waals surface area contributed by atoms with Crippen molar-refractivity contribution in [2.45, 2.75) is 51.9 Å². The van der Waals surface area contributed by atoms with Crippen molar-refractivity contribution < 1.29 is 4.74 Å². The molecule has 0 aliphatic carbocycles. The van der Waals surface area contributed by atoms with Crippen molar-refractivity contribution in [3.05, 3.63) is 71.4 Å². The summed E-state index contributed by atoms with van der Waals surface area (Å²) in [6.45, 7) is 8.67. The fourth-order valence-corrected chi connectivity index (χ4v) is 4.09. The maximum absolute atomic E-state index is 6.47. The molecule has 0 bridgehead atoms. The lowest BCUT2D eigenvalue weighted by Gasteiger charge is -2.25. The number of aromatic nitrogens is 1. The van der Waals surface area contributed by atoms with Crippen LogP contribution in [0, 0.1) is 6.92 Å². The minimum Gasteiger partial charge on any atom is -0.366 e. The normalized spacial score (nSPS) is 20.5. The number of hydrogen-bond donors (Lipinski definition) is 0. The topological polar surface area (TPSA) is 14.2 Å². The highest BCUT2D eigenvalue weighted by Gasteiger charge is 2.37. The van der Waals surface area contributed by atoms with Crippen molar-refractivity contribution in [1.82, 2.24) is 4.57 Å². The van der Waals surface area contributed by atoms with Crippen molar-refractivity contribution >= 4 is 10.9 Å². The van der Waals surface area contributed by atoms with Crippen molar-refractivity contribution in [2.75, 3.05) is 0 Å². The molecule has 0 fully saturated rings. The molecule has 0 spiro atoms. The Morgan fingerprint density at radius 3 is 2.33 bits per heavy atom. The standard InChI is InChI=1S/C22H25NO/c1-15-17-12-8-9-13-18(17)23-19(16-10-6-5-7-11-16)14-20(21(15)23)24-22(2,3)4/h5-13,19-20H,14H2,1-4H3/t19-,20-/m1/s1. The number of hydrogen-bond acceptors (Lipinski definition) is 1. The SMILES string of the molecule is Cc1c2n(c3ccccc13)[C@@H](c1ccccc1)C[C@H]2OC(C)(C)C. The molecule has 2 aromatic carbocycles. The monoisotopic (exact) mass is 319 g/mol. The predicted molar refractivity (Wildman–Crippen MR) is 99.5 cm³/mol. The Bertz CT molecular complexity index is 870. The van der Waals surface area contributed by atoms with Crippen LogP contribution in [0.25, 0.3) is 10.9 Å². The summed E-state index contributed by atoms with van der Waals surface area (Å²) in [7, 11) is 0. The van der Waals surface area contributed by atoms with Crippen LogP contribution in [0.2, 0.25) is 0 Å². The zero-order chi connectivity index (χ0) is 16.9. The van der Waals surface area contributed by atoms with Crippen molar-refractivity contribution in [1.29, 1.82) is 0 Å². The number of nitrogens with zero attached hydrogens (tertiary/aromatic N) is 1. The molecule has 0 unspecified atom stereocenters. The third kappa shape index (κ3) is 2.46. The highest BCUT2D eigenvalue weighted by atomic mass is 16.5. The fourth-order valence-electron chi connectivity index (χ4n) is 4.09. The van der Waals surface area contributed by atoms with Gasteiger partial charge in [-0.1, -0.05) is 48.5 Å². The molecule has 0 radical (unpaired) electrons. The molecule has 1 aliphatic rings. The van der Waals surface area contributed by atoms with Crippen molar-refractivity contribution in [3.8, 4) is 0 Å². The van der Waals surface area contributed by atoms with E-state index >= 15 is 0 Å². The molecule has 4 rings (SSSR count). The van der Waals surface area contributed by atoms with Gasteiger partial charge in [0.1, 0.15) is 6.10 Å². The number of rotatable bonds is 2. The molecule has 0 N–H and O–H groups in total. The van der Waals surface area contributed by atoms with E-state index in [9.17, 15) is 0 Å². The van der Waals surface area contributed by atoms with Gasteiger partial charge < -0.3 is 9.30 Å². The van der Waals surface area contributed by atoms with Gasteiger partial charge in [-0.2, -0.15) is 0 Å². The van der Waals surface area contributed by atoms with Crippen LogP contribution in [-0.4, -0.2) is 10.2 Å². The van der Waals surface area contributed by atoms with Gasteiger partial charge in [-0.15, -0.1) is 0 Å². The van der Waals surface area contributed by atoms with Gasteiger partial charge in [-0.25, -0.2) is 0 Å².